The van der Waals surface area contributed by atoms with Crippen molar-refractivity contribution in [3.63, 3.8) is 0 Å². The lowest BCUT2D eigenvalue weighted by Gasteiger charge is -2.41. The van der Waals surface area contributed by atoms with Crippen LogP contribution in [-0.2, 0) is 0 Å². The first kappa shape index (κ1) is 14.8. The van der Waals surface area contributed by atoms with E-state index >= 15 is 0 Å². The standard InChI is InChI=1S/C17H28OSi/c1-16(2,3)15(18)17(19(4,5)6)12-14(17)13-10-8-7-9-11-13/h7-11,14-15,18H,12H2,1-6H3. The van der Waals surface area contributed by atoms with E-state index in [1.54, 1.807) is 0 Å². The number of aliphatic hydroxyl groups is 1. The van der Waals surface area contributed by atoms with Gasteiger partial charge in [-0.2, -0.15) is 0 Å². The smallest absolute Gasteiger partial charge is 0.0626 e. The van der Waals surface area contributed by atoms with Crippen LogP contribution in [0.1, 0.15) is 38.7 Å². The summed E-state index contributed by atoms with van der Waals surface area (Å²) >= 11 is 0. The van der Waals surface area contributed by atoms with Gasteiger partial charge in [0, 0.05) is 0 Å². The predicted octanol–water partition coefficient (Wildman–Crippen LogP) is 4.66. The van der Waals surface area contributed by atoms with Crippen LogP contribution in [0.3, 0.4) is 0 Å². The highest BCUT2D eigenvalue weighted by atomic mass is 28.3. The van der Waals surface area contributed by atoms with Gasteiger partial charge in [0.1, 0.15) is 0 Å². The van der Waals surface area contributed by atoms with E-state index in [9.17, 15) is 5.11 Å². The zero-order valence-electron chi connectivity index (χ0n) is 13.2. The van der Waals surface area contributed by atoms with E-state index in [0.29, 0.717) is 5.92 Å². The largest absolute Gasteiger partial charge is 0.392 e. The Labute approximate surface area is 119 Å². The second-order valence-electron chi connectivity index (χ2n) is 8.23. The Hall–Kier alpha value is -0.603. The third-order valence-electron chi connectivity index (χ3n) is 4.91. The van der Waals surface area contributed by atoms with E-state index in [-0.39, 0.29) is 16.6 Å². The highest BCUT2D eigenvalue weighted by Crippen LogP contribution is 2.74. The third kappa shape index (κ3) is 2.41. The average molecular weight is 276 g/mol. The first-order valence-corrected chi connectivity index (χ1v) is 10.8. The van der Waals surface area contributed by atoms with Crippen molar-refractivity contribution in [2.24, 2.45) is 5.41 Å². The molecule has 0 heterocycles. The van der Waals surface area contributed by atoms with Crippen molar-refractivity contribution in [1.29, 1.82) is 0 Å². The molecule has 1 aliphatic rings. The normalized spacial score (nSPS) is 29.1. The highest BCUT2D eigenvalue weighted by molar-refractivity contribution is 6.80. The lowest BCUT2D eigenvalue weighted by molar-refractivity contribution is 0.0454. The second-order valence-corrected chi connectivity index (χ2v) is 13.7. The van der Waals surface area contributed by atoms with Crippen molar-refractivity contribution in [2.75, 3.05) is 0 Å². The summed E-state index contributed by atoms with van der Waals surface area (Å²) in [4.78, 5) is 0. The summed E-state index contributed by atoms with van der Waals surface area (Å²) in [5.74, 6) is 0.551. The molecule has 2 heteroatoms. The lowest BCUT2D eigenvalue weighted by atomic mass is 9.84. The summed E-state index contributed by atoms with van der Waals surface area (Å²) in [7, 11) is -1.44. The maximum atomic E-state index is 11.0. The molecule has 0 amide bonds. The monoisotopic (exact) mass is 276 g/mol. The van der Waals surface area contributed by atoms with Crippen molar-refractivity contribution >= 4 is 8.07 Å². The van der Waals surface area contributed by atoms with Crippen molar-refractivity contribution in [3.05, 3.63) is 35.9 Å². The van der Waals surface area contributed by atoms with Gasteiger partial charge in [-0.1, -0.05) is 70.7 Å². The summed E-state index contributed by atoms with van der Waals surface area (Å²) in [6.45, 7) is 13.7. The molecule has 1 aromatic rings. The van der Waals surface area contributed by atoms with Crippen molar-refractivity contribution in [1.82, 2.24) is 0 Å². The van der Waals surface area contributed by atoms with Gasteiger partial charge in [0.25, 0.3) is 0 Å². The van der Waals surface area contributed by atoms with Crippen LogP contribution in [0.25, 0.3) is 0 Å². The van der Waals surface area contributed by atoms with Gasteiger partial charge in [0.2, 0.25) is 0 Å². The predicted molar refractivity (Wildman–Crippen MR) is 85.3 cm³/mol. The Balaban J connectivity index is 2.37. The summed E-state index contributed by atoms with van der Waals surface area (Å²) in [5, 5.41) is 11.1. The molecule has 106 valence electrons. The van der Waals surface area contributed by atoms with Gasteiger partial charge in [0.05, 0.1) is 14.2 Å². The van der Waals surface area contributed by atoms with Crippen molar-refractivity contribution in [2.45, 2.75) is 63.9 Å². The van der Waals surface area contributed by atoms with Crippen LogP contribution < -0.4 is 0 Å². The van der Waals surface area contributed by atoms with Crippen LogP contribution in [0.5, 0.6) is 0 Å². The molecule has 0 aromatic heterocycles. The minimum absolute atomic E-state index is 0.0379. The Kier molecular flexibility index (Phi) is 3.47. The van der Waals surface area contributed by atoms with E-state index in [2.05, 4.69) is 70.7 Å². The van der Waals surface area contributed by atoms with Gasteiger partial charge in [-0.25, -0.2) is 0 Å². The molecular formula is C17H28OSi. The minimum atomic E-state index is -1.44. The fourth-order valence-electron chi connectivity index (χ4n) is 3.69. The molecule has 0 bridgehead atoms. The molecule has 0 saturated heterocycles. The Morgan fingerprint density at radius 1 is 1.16 bits per heavy atom. The van der Waals surface area contributed by atoms with E-state index < -0.39 is 8.07 Å². The maximum Gasteiger partial charge on any atom is 0.0626 e. The molecule has 1 nitrogen and oxygen atoms in total. The molecule has 0 spiro atoms. The number of aliphatic hydroxyl groups excluding tert-OH is 1. The fraction of sp³-hybridized carbons (Fsp3) is 0.647. The SMILES string of the molecule is CC(C)(C)C(O)C1([Si](C)(C)C)CC1c1ccccc1. The lowest BCUT2D eigenvalue weighted by Crippen LogP contribution is -2.45. The molecule has 3 unspecified atom stereocenters. The zero-order chi connectivity index (χ0) is 14.5. The highest BCUT2D eigenvalue weighted by Gasteiger charge is 2.67. The molecule has 3 atom stereocenters. The van der Waals surface area contributed by atoms with Crippen LogP contribution in [0.15, 0.2) is 30.3 Å². The Bertz CT molecular complexity index is 441. The molecule has 1 saturated carbocycles. The topological polar surface area (TPSA) is 20.2 Å². The van der Waals surface area contributed by atoms with Crippen LogP contribution in [-0.4, -0.2) is 19.3 Å². The molecule has 0 radical (unpaired) electrons. The number of hydrogen-bond donors (Lipinski definition) is 1. The summed E-state index contributed by atoms with van der Waals surface area (Å²) in [6.07, 6.45) is 0.947. The number of rotatable bonds is 3. The van der Waals surface area contributed by atoms with Crippen molar-refractivity contribution in [3.8, 4) is 0 Å². The molecule has 1 fully saturated rings. The van der Waals surface area contributed by atoms with Crippen LogP contribution >= 0.6 is 0 Å². The van der Waals surface area contributed by atoms with Gasteiger partial charge >= 0.3 is 0 Å². The maximum absolute atomic E-state index is 11.0. The summed E-state index contributed by atoms with van der Waals surface area (Å²) in [6, 6.07) is 10.8. The van der Waals surface area contributed by atoms with Crippen LogP contribution in [0.2, 0.25) is 24.7 Å². The second kappa shape index (κ2) is 4.46. The van der Waals surface area contributed by atoms with Gasteiger partial charge < -0.3 is 5.11 Å². The molecule has 19 heavy (non-hydrogen) atoms. The molecule has 1 aromatic carbocycles. The van der Waals surface area contributed by atoms with Crippen molar-refractivity contribution < 1.29 is 5.11 Å². The summed E-state index contributed by atoms with van der Waals surface area (Å²) < 4.78 is 0. The average Bonchev–Trinajstić information content (AvgIpc) is 3.03. The molecular weight excluding hydrogens is 248 g/mol. The summed E-state index contributed by atoms with van der Waals surface area (Å²) in [5.41, 5.74) is 1.37. The van der Waals surface area contributed by atoms with E-state index in [1.807, 2.05) is 0 Å². The van der Waals surface area contributed by atoms with Gasteiger partial charge in [-0.05, 0) is 28.4 Å². The molecule has 1 aliphatic carbocycles. The van der Waals surface area contributed by atoms with Gasteiger partial charge in [0.15, 0.2) is 0 Å². The van der Waals surface area contributed by atoms with Gasteiger partial charge in [-0.15, -0.1) is 0 Å². The van der Waals surface area contributed by atoms with Crippen LogP contribution in [0.4, 0.5) is 0 Å². The quantitative estimate of drug-likeness (QED) is 0.796. The molecule has 2 rings (SSSR count). The molecule has 0 aliphatic heterocycles. The third-order valence-corrected chi connectivity index (χ3v) is 8.53. The van der Waals surface area contributed by atoms with E-state index in [4.69, 9.17) is 0 Å². The van der Waals surface area contributed by atoms with Crippen LogP contribution in [0, 0.1) is 5.41 Å². The first-order valence-electron chi connectivity index (χ1n) is 7.34. The number of hydrogen-bond acceptors (Lipinski definition) is 1. The Morgan fingerprint density at radius 3 is 2.11 bits per heavy atom. The molecule has 1 N–H and O–H groups in total. The van der Waals surface area contributed by atoms with E-state index in [0.717, 1.165) is 6.42 Å². The Morgan fingerprint density at radius 2 is 1.68 bits per heavy atom. The number of benzene rings is 1. The zero-order valence-corrected chi connectivity index (χ0v) is 14.2. The fourth-order valence-corrected chi connectivity index (χ4v) is 6.98. The van der Waals surface area contributed by atoms with E-state index in [1.165, 1.54) is 5.56 Å². The van der Waals surface area contributed by atoms with Gasteiger partial charge in [-0.3, -0.25) is 0 Å². The first-order chi connectivity index (χ1) is 8.61. The minimum Gasteiger partial charge on any atom is -0.392 e.